The van der Waals surface area contributed by atoms with Crippen molar-refractivity contribution in [3.63, 3.8) is 0 Å². The minimum absolute atomic E-state index is 0.0623. The van der Waals surface area contributed by atoms with Crippen molar-refractivity contribution in [1.29, 1.82) is 0 Å². The van der Waals surface area contributed by atoms with E-state index >= 15 is 0 Å². The molecule has 1 atom stereocenters. The SMILES string of the molecule is Cc1cccc(C)c1NC(=O)[C@H](c1ccc(Cl)cc1Cl)N1CCC1=O. The minimum Gasteiger partial charge on any atom is -0.326 e. The van der Waals surface area contributed by atoms with E-state index < -0.39 is 6.04 Å². The fourth-order valence-electron chi connectivity index (χ4n) is 2.98. The van der Waals surface area contributed by atoms with Gasteiger partial charge in [-0.15, -0.1) is 0 Å². The third-order valence-corrected chi connectivity index (χ3v) is 5.00. The molecule has 1 saturated heterocycles. The van der Waals surface area contributed by atoms with Crippen LogP contribution in [0.4, 0.5) is 5.69 Å². The highest BCUT2D eigenvalue weighted by molar-refractivity contribution is 6.35. The van der Waals surface area contributed by atoms with Gasteiger partial charge in [-0.3, -0.25) is 9.59 Å². The highest BCUT2D eigenvalue weighted by Gasteiger charge is 2.38. The topological polar surface area (TPSA) is 49.4 Å². The van der Waals surface area contributed by atoms with Crippen LogP contribution in [0, 0.1) is 13.8 Å². The number of nitrogens with one attached hydrogen (secondary N) is 1. The Labute approximate surface area is 156 Å². The molecule has 1 N–H and O–H groups in total. The maximum absolute atomic E-state index is 13.0. The van der Waals surface area contributed by atoms with Gasteiger partial charge in [0.1, 0.15) is 6.04 Å². The fraction of sp³-hybridized carbons (Fsp3) is 0.263. The Morgan fingerprint density at radius 2 is 1.84 bits per heavy atom. The monoisotopic (exact) mass is 376 g/mol. The lowest BCUT2D eigenvalue weighted by Crippen LogP contribution is -2.49. The second kappa shape index (κ2) is 7.06. The van der Waals surface area contributed by atoms with Crippen molar-refractivity contribution in [3.05, 3.63) is 63.1 Å². The third-order valence-electron chi connectivity index (χ3n) is 4.43. The molecule has 3 rings (SSSR count). The molecule has 25 heavy (non-hydrogen) atoms. The number of hydrogen-bond acceptors (Lipinski definition) is 2. The van der Waals surface area contributed by atoms with E-state index in [2.05, 4.69) is 5.32 Å². The minimum atomic E-state index is -0.773. The van der Waals surface area contributed by atoms with Crippen LogP contribution < -0.4 is 5.32 Å². The molecule has 0 bridgehead atoms. The molecule has 4 nitrogen and oxygen atoms in total. The van der Waals surface area contributed by atoms with Gasteiger partial charge in [-0.25, -0.2) is 0 Å². The largest absolute Gasteiger partial charge is 0.326 e. The summed E-state index contributed by atoms with van der Waals surface area (Å²) in [6.45, 7) is 4.39. The number of benzene rings is 2. The van der Waals surface area contributed by atoms with Crippen LogP contribution in [0.3, 0.4) is 0 Å². The van der Waals surface area contributed by atoms with Gasteiger partial charge in [0.2, 0.25) is 5.91 Å². The molecule has 130 valence electrons. The van der Waals surface area contributed by atoms with Crippen molar-refractivity contribution in [3.8, 4) is 0 Å². The van der Waals surface area contributed by atoms with Crippen LogP contribution in [0.5, 0.6) is 0 Å². The van der Waals surface area contributed by atoms with E-state index in [9.17, 15) is 9.59 Å². The Hall–Kier alpha value is -2.04. The number of para-hydroxylation sites is 1. The normalized spacial score (nSPS) is 14.9. The van der Waals surface area contributed by atoms with E-state index in [1.807, 2.05) is 32.0 Å². The molecule has 0 aromatic heterocycles. The number of nitrogens with zero attached hydrogens (tertiary/aromatic N) is 1. The first-order valence-corrected chi connectivity index (χ1v) is 8.75. The number of hydrogen-bond donors (Lipinski definition) is 1. The van der Waals surface area contributed by atoms with Crippen LogP contribution in [-0.2, 0) is 9.59 Å². The van der Waals surface area contributed by atoms with Gasteiger partial charge in [0.25, 0.3) is 5.91 Å². The summed E-state index contributed by atoms with van der Waals surface area (Å²) in [6, 6.07) is 9.99. The van der Waals surface area contributed by atoms with Gasteiger partial charge in [0, 0.05) is 34.3 Å². The van der Waals surface area contributed by atoms with Gasteiger partial charge in [0.15, 0.2) is 0 Å². The molecule has 0 radical (unpaired) electrons. The predicted molar refractivity (Wildman–Crippen MR) is 100 cm³/mol. The second-order valence-corrected chi connectivity index (χ2v) is 7.01. The molecule has 2 aromatic rings. The van der Waals surface area contributed by atoms with Crippen LogP contribution >= 0.6 is 23.2 Å². The van der Waals surface area contributed by atoms with Crippen LogP contribution in [0.25, 0.3) is 0 Å². The van der Waals surface area contributed by atoms with Crippen LogP contribution in [-0.4, -0.2) is 23.3 Å². The Morgan fingerprint density at radius 1 is 1.16 bits per heavy atom. The van der Waals surface area contributed by atoms with E-state index in [-0.39, 0.29) is 11.8 Å². The summed E-state index contributed by atoms with van der Waals surface area (Å²) in [5.74, 6) is -0.345. The first-order valence-electron chi connectivity index (χ1n) is 8.00. The summed E-state index contributed by atoms with van der Waals surface area (Å²) in [7, 11) is 0. The van der Waals surface area contributed by atoms with E-state index in [0.717, 1.165) is 16.8 Å². The van der Waals surface area contributed by atoms with Crippen molar-refractivity contribution in [2.24, 2.45) is 0 Å². The molecule has 1 heterocycles. The summed E-state index contributed by atoms with van der Waals surface area (Å²) in [5.41, 5.74) is 3.26. The first kappa shape index (κ1) is 17.8. The molecule has 1 aliphatic heterocycles. The van der Waals surface area contributed by atoms with E-state index in [1.54, 1.807) is 18.2 Å². The summed E-state index contributed by atoms with van der Waals surface area (Å²) in [6.07, 6.45) is 0.443. The molecule has 1 aliphatic rings. The second-order valence-electron chi connectivity index (χ2n) is 6.16. The van der Waals surface area contributed by atoms with Gasteiger partial charge in [0.05, 0.1) is 0 Å². The van der Waals surface area contributed by atoms with Crippen molar-refractivity contribution < 1.29 is 9.59 Å². The lowest BCUT2D eigenvalue weighted by Gasteiger charge is -2.38. The molecule has 2 amide bonds. The molecule has 6 heteroatoms. The van der Waals surface area contributed by atoms with E-state index in [4.69, 9.17) is 23.2 Å². The van der Waals surface area contributed by atoms with Gasteiger partial charge in [-0.05, 0) is 37.1 Å². The molecular weight excluding hydrogens is 359 g/mol. The van der Waals surface area contributed by atoms with Crippen molar-refractivity contribution in [2.45, 2.75) is 26.3 Å². The fourth-order valence-corrected chi connectivity index (χ4v) is 3.49. The number of anilines is 1. The Morgan fingerprint density at radius 3 is 2.36 bits per heavy atom. The summed E-state index contributed by atoms with van der Waals surface area (Å²) in [4.78, 5) is 26.6. The molecule has 0 spiro atoms. The Bertz CT molecular complexity index is 831. The standard InChI is InChI=1S/C19H18Cl2N2O2/c1-11-4-3-5-12(2)17(11)22-19(25)18(23-9-8-16(23)24)14-7-6-13(20)10-15(14)21/h3-7,10,18H,8-9H2,1-2H3,(H,22,25)/t18-/m0/s1. The molecule has 0 saturated carbocycles. The molecule has 0 aliphatic carbocycles. The van der Waals surface area contributed by atoms with Crippen LogP contribution in [0.15, 0.2) is 36.4 Å². The lowest BCUT2D eigenvalue weighted by molar-refractivity contribution is -0.147. The maximum Gasteiger partial charge on any atom is 0.251 e. The zero-order chi connectivity index (χ0) is 18.1. The number of amides is 2. The van der Waals surface area contributed by atoms with E-state index in [0.29, 0.717) is 28.6 Å². The molecular formula is C19H18Cl2N2O2. The summed E-state index contributed by atoms with van der Waals surface area (Å²) >= 11 is 12.3. The predicted octanol–water partition coefficient (Wildman–Crippen LogP) is 4.52. The molecule has 2 aromatic carbocycles. The average Bonchev–Trinajstić information content (AvgIpc) is 2.55. The van der Waals surface area contributed by atoms with Crippen LogP contribution in [0.1, 0.15) is 29.2 Å². The number of likely N-dealkylation sites (tertiary alicyclic amines) is 1. The smallest absolute Gasteiger partial charge is 0.251 e. The maximum atomic E-state index is 13.0. The number of carbonyl (C=O) groups excluding carboxylic acids is 2. The van der Waals surface area contributed by atoms with Crippen molar-refractivity contribution in [2.75, 3.05) is 11.9 Å². The number of rotatable bonds is 4. The Balaban J connectivity index is 1.97. The van der Waals surface area contributed by atoms with E-state index in [1.165, 1.54) is 4.90 Å². The highest BCUT2D eigenvalue weighted by Crippen LogP contribution is 2.34. The quantitative estimate of drug-likeness (QED) is 0.797. The van der Waals surface area contributed by atoms with Gasteiger partial charge in [-0.1, -0.05) is 47.5 Å². The zero-order valence-electron chi connectivity index (χ0n) is 14.0. The third kappa shape index (κ3) is 3.51. The number of carbonyl (C=O) groups is 2. The van der Waals surface area contributed by atoms with Gasteiger partial charge in [-0.2, -0.15) is 0 Å². The number of halogens is 2. The first-order chi connectivity index (χ1) is 11.9. The van der Waals surface area contributed by atoms with Gasteiger partial charge < -0.3 is 10.2 Å². The van der Waals surface area contributed by atoms with Crippen molar-refractivity contribution >= 4 is 40.7 Å². The summed E-state index contributed by atoms with van der Waals surface area (Å²) < 4.78 is 0. The summed E-state index contributed by atoms with van der Waals surface area (Å²) in [5, 5.41) is 3.82. The van der Waals surface area contributed by atoms with Crippen molar-refractivity contribution in [1.82, 2.24) is 4.90 Å². The highest BCUT2D eigenvalue weighted by atomic mass is 35.5. The van der Waals surface area contributed by atoms with Crippen LogP contribution in [0.2, 0.25) is 10.0 Å². The zero-order valence-corrected chi connectivity index (χ0v) is 15.5. The number of β-lactam (4-membered cyclic amide) rings is 1. The van der Waals surface area contributed by atoms with Gasteiger partial charge >= 0.3 is 0 Å². The number of aryl methyl sites for hydroxylation is 2. The molecule has 0 unspecified atom stereocenters. The lowest BCUT2D eigenvalue weighted by atomic mass is 9.99. The molecule has 1 fully saturated rings. The Kier molecular flexibility index (Phi) is 5.02. The average molecular weight is 377 g/mol.